The maximum atomic E-state index is 5.50. The summed E-state index contributed by atoms with van der Waals surface area (Å²) < 4.78 is 5.50. The Hall–Kier alpha value is -1.32. The monoisotopic (exact) mass is 513 g/mol. The van der Waals surface area contributed by atoms with E-state index >= 15 is 0 Å². The molecule has 0 saturated carbocycles. The number of benzene rings is 1. The molecule has 0 spiro atoms. The highest BCUT2D eigenvalue weighted by Crippen LogP contribution is 2.21. The first-order valence-corrected chi connectivity index (χ1v) is 10.4. The van der Waals surface area contributed by atoms with E-state index in [1.807, 2.05) is 7.05 Å². The van der Waals surface area contributed by atoms with Crippen LogP contribution in [0.1, 0.15) is 25.0 Å². The number of fused-ring (bicyclic) bond motifs is 1. The highest BCUT2D eigenvalue weighted by atomic mass is 127. The Labute approximate surface area is 191 Å². The molecule has 2 aromatic rings. The second-order valence-electron chi connectivity index (χ2n) is 7.90. The molecule has 1 fully saturated rings. The molecule has 1 unspecified atom stereocenters. The lowest BCUT2D eigenvalue weighted by atomic mass is 10.0. The van der Waals surface area contributed by atoms with E-state index in [1.165, 1.54) is 22.0 Å². The van der Waals surface area contributed by atoms with Gasteiger partial charge < -0.3 is 20.4 Å². The predicted octanol–water partition coefficient (Wildman–Crippen LogP) is 3.16. The molecule has 3 N–H and O–H groups in total. The van der Waals surface area contributed by atoms with Crippen LogP contribution in [-0.4, -0.2) is 68.3 Å². The van der Waals surface area contributed by atoms with E-state index in [0.29, 0.717) is 12.0 Å². The van der Waals surface area contributed by atoms with Crippen LogP contribution in [0, 0.1) is 12.8 Å². The van der Waals surface area contributed by atoms with Crippen molar-refractivity contribution in [2.45, 2.75) is 33.2 Å². The van der Waals surface area contributed by atoms with Crippen molar-refractivity contribution in [2.75, 3.05) is 46.4 Å². The standard InChI is InChI=1S/C22H35N5O.HI/c1-16(2)20(27-10-12-28-13-11-27)15-26-22(23-4)24-9-8-18-14-25-21-17(3)6-5-7-19(18)21;/h5-7,14,16,20,25H,8-13,15H2,1-4H3,(H2,23,24,26);1H. The molecular formula is C22H36IN5O. The number of aromatic nitrogens is 1. The summed E-state index contributed by atoms with van der Waals surface area (Å²) in [6.45, 7) is 12.2. The SMILES string of the molecule is CN=C(NCCc1c[nH]c2c(C)cccc12)NCC(C(C)C)N1CCOCC1.I. The lowest BCUT2D eigenvalue weighted by molar-refractivity contribution is 0.00752. The van der Waals surface area contributed by atoms with E-state index in [1.54, 1.807) is 0 Å². The Morgan fingerprint density at radius 2 is 2.00 bits per heavy atom. The summed E-state index contributed by atoms with van der Waals surface area (Å²) in [7, 11) is 1.84. The van der Waals surface area contributed by atoms with Gasteiger partial charge in [-0.05, 0) is 30.4 Å². The third-order valence-corrected chi connectivity index (χ3v) is 5.68. The van der Waals surface area contributed by atoms with Crippen LogP contribution < -0.4 is 10.6 Å². The van der Waals surface area contributed by atoms with Crippen LogP contribution in [0.15, 0.2) is 29.4 Å². The molecule has 0 radical (unpaired) electrons. The number of halogens is 1. The minimum absolute atomic E-state index is 0. The van der Waals surface area contributed by atoms with E-state index < -0.39 is 0 Å². The average molecular weight is 513 g/mol. The van der Waals surface area contributed by atoms with Gasteiger partial charge in [-0.1, -0.05) is 32.0 Å². The zero-order valence-electron chi connectivity index (χ0n) is 18.1. The average Bonchev–Trinajstić information content (AvgIpc) is 3.12. The van der Waals surface area contributed by atoms with Crippen LogP contribution in [-0.2, 0) is 11.2 Å². The van der Waals surface area contributed by atoms with Crippen molar-refractivity contribution in [3.05, 3.63) is 35.5 Å². The van der Waals surface area contributed by atoms with Gasteiger partial charge >= 0.3 is 0 Å². The summed E-state index contributed by atoms with van der Waals surface area (Å²) in [6.07, 6.45) is 3.09. The fourth-order valence-electron chi connectivity index (χ4n) is 4.00. The van der Waals surface area contributed by atoms with Gasteiger partial charge in [-0.3, -0.25) is 9.89 Å². The van der Waals surface area contributed by atoms with Crippen molar-refractivity contribution in [1.82, 2.24) is 20.5 Å². The van der Waals surface area contributed by atoms with Gasteiger partial charge in [0.1, 0.15) is 0 Å². The van der Waals surface area contributed by atoms with Gasteiger partial charge in [0.15, 0.2) is 5.96 Å². The molecule has 1 aliphatic heterocycles. The first-order chi connectivity index (χ1) is 13.6. The Morgan fingerprint density at radius 3 is 2.69 bits per heavy atom. The van der Waals surface area contributed by atoms with Gasteiger partial charge in [-0.2, -0.15) is 0 Å². The first kappa shape index (κ1) is 24.0. The van der Waals surface area contributed by atoms with Crippen molar-refractivity contribution in [1.29, 1.82) is 0 Å². The van der Waals surface area contributed by atoms with E-state index in [4.69, 9.17) is 4.74 Å². The molecule has 1 aromatic heterocycles. The normalized spacial score (nSPS) is 16.7. The van der Waals surface area contributed by atoms with Crippen molar-refractivity contribution >= 4 is 40.8 Å². The summed E-state index contributed by atoms with van der Waals surface area (Å²) in [4.78, 5) is 10.3. The Kier molecular flexibility index (Phi) is 9.71. The van der Waals surface area contributed by atoms with Crippen LogP contribution >= 0.6 is 24.0 Å². The number of rotatable bonds is 7. The molecule has 6 nitrogen and oxygen atoms in total. The van der Waals surface area contributed by atoms with Crippen LogP contribution in [0.3, 0.4) is 0 Å². The van der Waals surface area contributed by atoms with Gasteiger partial charge in [0.25, 0.3) is 0 Å². The molecule has 2 heterocycles. The quantitative estimate of drug-likeness (QED) is 0.303. The molecule has 7 heteroatoms. The first-order valence-electron chi connectivity index (χ1n) is 10.4. The molecule has 29 heavy (non-hydrogen) atoms. The van der Waals surface area contributed by atoms with Crippen LogP contribution in [0.2, 0.25) is 0 Å². The Bertz CT molecular complexity index is 783. The highest BCUT2D eigenvalue weighted by molar-refractivity contribution is 14.0. The summed E-state index contributed by atoms with van der Waals surface area (Å²) >= 11 is 0. The van der Waals surface area contributed by atoms with Crippen LogP contribution in [0.5, 0.6) is 0 Å². The molecule has 162 valence electrons. The predicted molar refractivity (Wildman–Crippen MR) is 133 cm³/mol. The Morgan fingerprint density at radius 1 is 1.24 bits per heavy atom. The van der Waals surface area contributed by atoms with Gasteiger partial charge in [-0.25, -0.2) is 0 Å². The third kappa shape index (κ3) is 6.33. The molecule has 1 aromatic carbocycles. The van der Waals surface area contributed by atoms with Crippen LogP contribution in [0.25, 0.3) is 10.9 Å². The Balaban J connectivity index is 0.00000300. The third-order valence-electron chi connectivity index (χ3n) is 5.68. The summed E-state index contributed by atoms with van der Waals surface area (Å²) in [6, 6.07) is 6.95. The minimum Gasteiger partial charge on any atom is -0.379 e. The largest absolute Gasteiger partial charge is 0.379 e. The number of guanidine groups is 1. The number of aryl methyl sites for hydroxylation is 1. The molecule has 3 rings (SSSR count). The zero-order chi connectivity index (χ0) is 19.9. The van der Waals surface area contributed by atoms with Crippen molar-refractivity contribution in [2.24, 2.45) is 10.9 Å². The number of para-hydroxylation sites is 1. The van der Waals surface area contributed by atoms with Crippen molar-refractivity contribution < 1.29 is 4.74 Å². The van der Waals surface area contributed by atoms with Crippen LogP contribution in [0.4, 0.5) is 0 Å². The van der Waals surface area contributed by atoms with Gasteiger partial charge in [0.2, 0.25) is 0 Å². The smallest absolute Gasteiger partial charge is 0.191 e. The molecule has 0 amide bonds. The summed E-state index contributed by atoms with van der Waals surface area (Å²) in [5.41, 5.74) is 3.87. The van der Waals surface area contributed by atoms with E-state index in [-0.39, 0.29) is 24.0 Å². The molecule has 0 bridgehead atoms. The second-order valence-corrected chi connectivity index (χ2v) is 7.90. The number of morpholine rings is 1. The van der Waals surface area contributed by atoms with E-state index in [9.17, 15) is 0 Å². The number of aliphatic imine (C=N–C) groups is 1. The topological polar surface area (TPSA) is 64.7 Å². The summed E-state index contributed by atoms with van der Waals surface area (Å²) in [5.74, 6) is 1.45. The lowest BCUT2D eigenvalue weighted by Gasteiger charge is -2.37. The zero-order valence-corrected chi connectivity index (χ0v) is 20.5. The van der Waals surface area contributed by atoms with Crippen molar-refractivity contribution in [3.63, 3.8) is 0 Å². The van der Waals surface area contributed by atoms with Crippen molar-refractivity contribution in [3.8, 4) is 0 Å². The number of nitrogens with zero attached hydrogens (tertiary/aromatic N) is 2. The molecular weight excluding hydrogens is 477 g/mol. The number of hydrogen-bond acceptors (Lipinski definition) is 3. The number of aromatic amines is 1. The maximum Gasteiger partial charge on any atom is 0.191 e. The fourth-order valence-corrected chi connectivity index (χ4v) is 4.00. The van der Waals surface area contributed by atoms with Gasteiger partial charge in [-0.15, -0.1) is 24.0 Å². The number of hydrogen-bond donors (Lipinski definition) is 3. The van der Waals surface area contributed by atoms with Gasteiger partial charge in [0, 0.05) is 56.4 Å². The van der Waals surface area contributed by atoms with Gasteiger partial charge in [0.05, 0.1) is 13.2 Å². The highest BCUT2D eigenvalue weighted by Gasteiger charge is 2.23. The molecule has 0 aliphatic carbocycles. The fraction of sp³-hybridized carbons (Fsp3) is 0.591. The minimum atomic E-state index is 0. The maximum absolute atomic E-state index is 5.50. The second kappa shape index (κ2) is 11.8. The molecule has 1 atom stereocenters. The number of nitrogens with one attached hydrogen (secondary N) is 3. The number of H-pyrrole nitrogens is 1. The molecule has 1 aliphatic rings. The summed E-state index contributed by atoms with van der Waals surface area (Å²) in [5, 5.41) is 8.31. The lowest BCUT2D eigenvalue weighted by Crippen LogP contribution is -2.52. The van der Waals surface area contributed by atoms with E-state index in [2.05, 4.69) is 70.7 Å². The molecule has 1 saturated heterocycles. The number of ether oxygens (including phenoxy) is 1. The van der Waals surface area contributed by atoms with E-state index in [0.717, 1.165) is 51.8 Å².